The highest BCUT2D eigenvalue weighted by Crippen LogP contribution is 2.35. The van der Waals surface area contributed by atoms with Gasteiger partial charge in [0.25, 0.3) is 11.8 Å². The molecule has 1 aliphatic carbocycles. The maximum atomic E-state index is 13.6. The normalized spacial score (nSPS) is 16.6. The lowest BCUT2D eigenvalue weighted by Crippen LogP contribution is -2.34. The van der Waals surface area contributed by atoms with Crippen LogP contribution < -0.4 is 16.0 Å². The largest absolute Gasteiger partial charge is 0.349 e. The minimum atomic E-state index is -2.76. The lowest BCUT2D eigenvalue weighted by atomic mass is 10.1. The van der Waals surface area contributed by atoms with E-state index in [9.17, 15) is 18.4 Å². The van der Waals surface area contributed by atoms with E-state index < -0.39 is 17.9 Å². The van der Waals surface area contributed by atoms with Gasteiger partial charge in [0.15, 0.2) is 5.82 Å². The lowest BCUT2D eigenvalue weighted by Gasteiger charge is -2.16. The molecule has 4 aromatic rings. The van der Waals surface area contributed by atoms with E-state index >= 15 is 0 Å². The molecule has 6 nitrogen and oxygen atoms in total. The first-order chi connectivity index (χ1) is 17.3. The third-order valence-electron chi connectivity index (χ3n) is 6.26. The summed E-state index contributed by atoms with van der Waals surface area (Å²) in [5.74, 6) is -3.25. The third-order valence-corrected chi connectivity index (χ3v) is 7.22. The smallest absolute Gasteiger partial charge is 0.257 e. The Labute approximate surface area is 210 Å². The van der Waals surface area contributed by atoms with Gasteiger partial charge in [-0.15, -0.1) is 11.3 Å². The molecule has 1 saturated carbocycles. The van der Waals surface area contributed by atoms with E-state index in [1.165, 1.54) is 23.6 Å². The van der Waals surface area contributed by atoms with Crippen molar-refractivity contribution in [2.45, 2.75) is 38.2 Å². The fraction of sp³-hybridized carbons (Fsp3) is 0.222. The number of aromatic nitrogens is 1. The van der Waals surface area contributed by atoms with Crippen LogP contribution in [0.15, 0.2) is 66.2 Å². The van der Waals surface area contributed by atoms with Gasteiger partial charge in [-0.05, 0) is 37.1 Å². The number of hydrogen-bond acceptors (Lipinski definition) is 5. The molecular formula is C27H24F2N4O2S. The SMILES string of the molecule is Cc1ccccc1Nc1ncc(C(=O)NC2CCC(F)(F)C2)cc1NC(=O)c1csc2ccccc12. The molecule has 2 heterocycles. The zero-order valence-electron chi connectivity index (χ0n) is 19.5. The van der Waals surface area contributed by atoms with E-state index in [1.54, 1.807) is 5.38 Å². The molecule has 0 aliphatic heterocycles. The molecule has 1 aliphatic rings. The Kier molecular flexibility index (Phi) is 6.40. The van der Waals surface area contributed by atoms with Gasteiger partial charge in [-0.25, -0.2) is 13.8 Å². The highest BCUT2D eigenvalue weighted by Gasteiger charge is 2.40. The van der Waals surface area contributed by atoms with Crippen LogP contribution >= 0.6 is 11.3 Å². The highest BCUT2D eigenvalue weighted by atomic mass is 32.1. The van der Waals surface area contributed by atoms with Gasteiger partial charge in [0.2, 0.25) is 5.92 Å². The zero-order chi connectivity index (χ0) is 25.3. The first kappa shape index (κ1) is 23.9. The molecule has 9 heteroatoms. The van der Waals surface area contributed by atoms with Crippen molar-refractivity contribution in [2.75, 3.05) is 10.6 Å². The molecule has 1 unspecified atom stereocenters. The maximum Gasteiger partial charge on any atom is 0.257 e. The van der Waals surface area contributed by atoms with Crippen LogP contribution in [0.2, 0.25) is 0 Å². The predicted octanol–water partition coefficient (Wildman–Crippen LogP) is 6.52. The second-order valence-electron chi connectivity index (χ2n) is 8.93. The first-order valence-electron chi connectivity index (χ1n) is 11.6. The number of hydrogen-bond donors (Lipinski definition) is 3. The number of halogens is 2. The molecule has 0 radical (unpaired) electrons. The number of nitrogens with one attached hydrogen (secondary N) is 3. The minimum Gasteiger partial charge on any atom is -0.349 e. The number of nitrogens with zero attached hydrogens (tertiary/aromatic N) is 1. The molecule has 5 rings (SSSR count). The molecule has 2 aromatic heterocycles. The summed E-state index contributed by atoms with van der Waals surface area (Å²) in [5, 5.41) is 11.4. The number of rotatable bonds is 6. The van der Waals surface area contributed by atoms with Crippen LogP contribution in [0, 0.1) is 6.92 Å². The molecule has 0 spiro atoms. The first-order valence-corrected chi connectivity index (χ1v) is 12.5. The van der Waals surface area contributed by atoms with E-state index in [0.717, 1.165) is 21.3 Å². The number of amides is 2. The van der Waals surface area contributed by atoms with Crippen LogP contribution in [0.3, 0.4) is 0 Å². The minimum absolute atomic E-state index is 0.172. The Morgan fingerprint density at radius 2 is 1.83 bits per heavy atom. The monoisotopic (exact) mass is 506 g/mol. The average Bonchev–Trinajstić information content (AvgIpc) is 3.44. The van der Waals surface area contributed by atoms with E-state index in [-0.39, 0.29) is 30.7 Å². The highest BCUT2D eigenvalue weighted by molar-refractivity contribution is 7.17. The number of fused-ring (bicyclic) bond motifs is 1. The second kappa shape index (κ2) is 9.66. The molecule has 0 saturated heterocycles. The molecule has 184 valence electrons. The maximum absolute atomic E-state index is 13.6. The summed E-state index contributed by atoms with van der Waals surface area (Å²) in [4.78, 5) is 30.5. The zero-order valence-corrected chi connectivity index (χ0v) is 20.3. The van der Waals surface area contributed by atoms with Crippen molar-refractivity contribution in [1.82, 2.24) is 10.3 Å². The summed E-state index contributed by atoms with van der Waals surface area (Å²) < 4.78 is 28.1. The van der Waals surface area contributed by atoms with E-state index in [1.807, 2.05) is 55.5 Å². The van der Waals surface area contributed by atoms with Crippen molar-refractivity contribution < 1.29 is 18.4 Å². The van der Waals surface area contributed by atoms with Crippen molar-refractivity contribution >= 4 is 50.4 Å². The fourth-order valence-corrected chi connectivity index (χ4v) is 5.25. The van der Waals surface area contributed by atoms with E-state index in [4.69, 9.17) is 0 Å². The van der Waals surface area contributed by atoms with Crippen LogP contribution in [0.5, 0.6) is 0 Å². The van der Waals surface area contributed by atoms with E-state index in [2.05, 4.69) is 20.9 Å². The molecular weight excluding hydrogens is 482 g/mol. The van der Waals surface area contributed by atoms with Crippen LogP contribution in [0.1, 0.15) is 45.5 Å². The van der Waals surface area contributed by atoms with Gasteiger partial charge < -0.3 is 16.0 Å². The van der Waals surface area contributed by atoms with Crippen molar-refractivity contribution in [1.29, 1.82) is 0 Å². The topological polar surface area (TPSA) is 83.1 Å². The third kappa shape index (κ3) is 5.06. The van der Waals surface area contributed by atoms with Crippen LogP contribution in [-0.2, 0) is 0 Å². The van der Waals surface area contributed by atoms with Crippen molar-refractivity contribution in [3.05, 3.63) is 82.9 Å². The quantitative estimate of drug-likeness (QED) is 0.278. The summed E-state index contributed by atoms with van der Waals surface area (Å²) >= 11 is 1.47. The molecule has 2 aromatic carbocycles. The molecule has 3 N–H and O–H groups in total. The number of aryl methyl sites for hydroxylation is 1. The number of benzene rings is 2. The van der Waals surface area contributed by atoms with E-state index in [0.29, 0.717) is 17.1 Å². The molecule has 0 bridgehead atoms. The van der Waals surface area contributed by atoms with Crippen molar-refractivity contribution in [2.24, 2.45) is 0 Å². The van der Waals surface area contributed by atoms with Crippen LogP contribution in [-0.4, -0.2) is 28.8 Å². The Balaban J connectivity index is 1.44. The Hall–Kier alpha value is -3.85. The summed E-state index contributed by atoms with van der Waals surface area (Å²) in [6, 6.07) is 16.1. The summed E-state index contributed by atoms with van der Waals surface area (Å²) in [6.07, 6.45) is 0.964. The Bertz CT molecular complexity index is 1450. The van der Waals surface area contributed by atoms with Gasteiger partial charge >= 0.3 is 0 Å². The van der Waals surface area contributed by atoms with Crippen LogP contribution in [0.25, 0.3) is 10.1 Å². The standard InChI is InChI=1S/C27H24F2N4O2S/c1-16-6-2-4-8-21(16)32-24-22(33-26(35)20-15-36-23-9-5-3-7-19(20)23)12-17(14-30-24)25(34)31-18-10-11-27(28,29)13-18/h2-9,12,14-15,18H,10-11,13H2,1H3,(H,30,32)(H,31,34)(H,33,35). The number of thiophene rings is 1. The number of pyridine rings is 1. The molecule has 36 heavy (non-hydrogen) atoms. The predicted molar refractivity (Wildman–Crippen MR) is 139 cm³/mol. The molecule has 1 atom stereocenters. The number of alkyl halides is 2. The second-order valence-corrected chi connectivity index (χ2v) is 9.84. The van der Waals surface area contributed by atoms with Gasteiger partial charge in [-0.3, -0.25) is 9.59 Å². The lowest BCUT2D eigenvalue weighted by molar-refractivity contribution is 0.00710. The van der Waals surface area contributed by atoms with Gasteiger partial charge in [0.05, 0.1) is 16.8 Å². The van der Waals surface area contributed by atoms with Gasteiger partial charge in [-0.1, -0.05) is 36.4 Å². The fourth-order valence-electron chi connectivity index (χ4n) is 4.31. The average molecular weight is 507 g/mol. The van der Waals surface area contributed by atoms with Gasteiger partial charge in [0, 0.05) is 46.2 Å². The van der Waals surface area contributed by atoms with Gasteiger partial charge in [-0.2, -0.15) is 0 Å². The number of para-hydroxylation sites is 1. The summed E-state index contributed by atoms with van der Waals surface area (Å²) in [6.45, 7) is 1.94. The van der Waals surface area contributed by atoms with Crippen LogP contribution in [0.4, 0.5) is 26.0 Å². The molecule has 2 amide bonds. The number of carbonyl (C=O) groups is 2. The summed E-state index contributed by atoms with van der Waals surface area (Å²) in [7, 11) is 0. The number of carbonyl (C=O) groups excluding carboxylic acids is 2. The van der Waals surface area contributed by atoms with Crippen molar-refractivity contribution in [3.8, 4) is 0 Å². The summed E-state index contributed by atoms with van der Waals surface area (Å²) in [5.41, 5.74) is 2.77. The van der Waals surface area contributed by atoms with Gasteiger partial charge in [0.1, 0.15) is 0 Å². The number of anilines is 3. The molecule has 1 fully saturated rings. The Morgan fingerprint density at radius 1 is 1.06 bits per heavy atom. The Morgan fingerprint density at radius 3 is 2.61 bits per heavy atom. The van der Waals surface area contributed by atoms with Crippen molar-refractivity contribution in [3.63, 3.8) is 0 Å².